The summed E-state index contributed by atoms with van der Waals surface area (Å²) in [6.07, 6.45) is 5.03. The Balaban J connectivity index is 2.47. The predicted molar refractivity (Wildman–Crippen MR) is 55.9 cm³/mol. The van der Waals surface area contributed by atoms with E-state index in [2.05, 4.69) is 0 Å². The Labute approximate surface area is 84.2 Å². The van der Waals surface area contributed by atoms with Gasteiger partial charge in [-0.2, -0.15) is 0 Å². The van der Waals surface area contributed by atoms with Crippen molar-refractivity contribution in [2.45, 2.75) is 26.4 Å². The summed E-state index contributed by atoms with van der Waals surface area (Å²) >= 11 is 0. The lowest BCUT2D eigenvalue weighted by atomic mass is 10.2. The molecule has 1 nitrogen and oxygen atoms in total. The van der Waals surface area contributed by atoms with Crippen LogP contribution in [0.2, 0.25) is 0 Å². The topological polar surface area (TPSA) is 9.23 Å². The summed E-state index contributed by atoms with van der Waals surface area (Å²) < 4.78 is 18.1. The molecule has 1 aromatic carbocycles. The number of ether oxygens (including phenoxy) is 1. The van der Waals surface area contributed by atoms with Gasteiger partial charge in [0.25, 0.3) is 0 Å². The highest BCUT2D eigenvalue weighted by Gasteiger charge is 2.01. The molecule has 0 aliphatic carbocycles. The molecule has 0 bridgehead atoms. The third-order valence-electron chi connectivity index (χ3n) is 1.85. The average molecular weight is 194 g/mol. The maximum atomic E-state index is 12.6. The van der Waals surface area contributed by atoms with Gasteiger partial charge >= 0.3 is 0 Å². The molecule has 0 spiro atoms. The Morgan fingerprint density at radius 1 is 1.36 bits per heavy atom. The maximum absolute atomic E-state index is 12.6. The Morgan fingerprint density at radius 3 is 2.57 bits per heavy atom. The molecule has 0 N–H and O–H groups in total. The fourth-order valence-corrected chi connectivity index (χ4v) is 1.12. The monoisotopic (exact) mass is 194 g/mol. The highest BCUT2D eigenvalue weighted by Crippen LogP contribution is 2.14. The van der Waals surface area contributed by atoms with Crippen molar-refractivity contribution < 1.29 is 9.13 Å². The number of allylic oxidation sites excluding steroid dienone is 1. The normalized spacial score (nSPS) is 13.1. The van der Waals surface area contributed by atoms with E-state index in [9.17, 15) is 4.39 Å². The lowest BCUT2D eigenvalue weighted by molar-refractivity contribution is 0.225. The van der Waals surface area contributed by atoms with Gasteiger partial charge in [0.15, 0.2) is 0 Å². The highest BCUT2D eigenvalue weighted by molar-refractivity contribution is 5.22. The van der Waals surface area contributed by atoms with Crippen LogP contribution in [0.5, 0.6) is 5.75 Å². The minimum atomic E-state index is -0.238. The molecule has 1 rings (SSSR count). The van der Waals surface area contributed by atoms with Gasteiger partial charge in [-0.1, -0.05) is 12.2 Å². The number of rotatable bonds is 4. The summed E-state index contributed by atoms with van der Waals surface area (Å²) in [6, 6.07) is 6.08. The van der Waals surface area contributed by atoms with Crippen molar-refractivity contribution in [2.24, 2.45) is 0 Å². The molecule has 2 heteroatoms. The number of benzene rings is 1. The first kappa shape index (κ1) is 10.8. The Morgan fingerprint density at radius 2 is 2.00 bits per heavy atom. The number of halogens is 1. The molecular formula is C12H15FO. The molecule has 0 saturated heterocycles. The first-order valence-electron chi connectivity index (χ1n) is 4.75. The maximum Gasteiger partial charge on any atom is 0.123 e. The lowest BCUT2D eigenvalue weighted by Gasteiger charge is -2.12. The van der Waals surface area contributed by atoms with Crippen molar-refractivity contribution in [1.82, 2.24) is 0 Å². The Kier molecular flexibility index (Phi) is 4.17. The molecule has 0 saturated carbocycles. The van der Waals surface area contributed by atoms with E-state index in [1.165, 1.54) is 12.1 Å². The van der Waals surface area contributed by atoms with Gasteiger partial charge in [0.05, 0.1) is 6.10 Å². The smallest absolute Gasteiger partial charge is 0.123 e. The first-order chi connectivity index (χ1) is 6.72. The third kappa shape index (κ3) is 3.60. The van der Waals surface area contributed by atoms with Crippen LogP contribution in [0.15, 0.2) is 36.4 Å². The molecule has 0 radical (unpaired) electrons. The van der Waals surface area contributed by atoms with E-state index in [0.717, 1.165) is 6.42 Å². The second kappa shape index (κ2) is 5.43. The van der Waals surface area contributed by atoms with E-state index in [1.807, 2.05) is 26.0 Å². The summed E-state index contributed by atoms with van der Waals surface area (Å²) in [6.45, 7) is 3.97. The van der Waals surface area contributed by atoms with E-state index >= 15 is 0 Å². The van der Waals surface area contributed by atoms with Crippen molar-refractivity contribution in [1.29, 1.82) is 0 Å². The summed E-state index contributed by atoms with van der Waals surface area (Å²) in [5, 5.41) is 0. The minimum absolute atomic E-state index is 0.122. The van der Waals surface area contributed by atoms with Crippen LogP contribution >= 0.6 is 0 Å². The van der Waals surface area contributed by atoms with Gasteiger partial charge in [0.1, 0.15) is 11.6 Å². The average Bonchev–Trinajstić information content (AvgIpc) is 2.18. The zero-order valence-corrected chi connectivity index (χ0v) is 8.53. The van der Waals surface area contributed by atoms with Gasteiger partial charge in [0, 0.05) is 6.42 Å². The minimum Gasteiger partial charge on any atom is -0.490 e. The molecule has 0 heterocycles. The van der Waals surface area contributed by atoms with Gasteiger partial charge in [-0.15, -0.1) is 0 Å². The van der Waals surface area contributed by atoms with E-state index in [4.69, 9.17) is 4.74 Å². The molecule has 1 aromatic rings. The van der Waals surface area contributed by atoms with Crippen molar-refractivity contribution in [3.05, 3.63) is 42.2 Å². The van der Waals surface area contributed by atoms with E-state index in [-0.39, 0.29) is 11.9 Å². The van der Waals surface area contributed by atoms with E-state index in [0.29, 0.717) is 5.75 Å². The Hall–Kier alpha value is -1.31. The van der Waals surface area contributed by atoms with Crippen LogP contribution < -0.4 is 4.74 Å². The third-order valence-corrected chi connectivity index (χ3v) is 1.85. The fourth-order valence-electron chi connectivity index (χ4n) is 1.12. The molecular weight excluding hydrogens is 179 g/mol. The summed E-state index contributed by atoms with van der Waals surface area (Å²) in [5.74, 6) is 0.474. The molecule has 1 atom stereocenters. The second-order valence-corrected chi connectivity index (χ2v) is 3.19. The van der Waals surface area contributed by atoms with Gasteiger partial charge in [-0.25, -0.2) is 4.39 Å². The molecule has 1 unspecified atom stereocenters. The summed E-state index contributed by atoms with van der Waals surface area (Å²) in [4.78, 5) is 0. The van der Waals surface area contributed by atoms with Gasteiger partial charge in [-0.05, 0) is 38.1 Å². The van der Waals surface area contributed by atoms with Crippen LogP contribution in [0, 0.1) is 5.82 Å². The Bertz CT molecular complexity index is 290. The zero-order chi connectivity index (χ0) is 10.4. The second-order valence-electron chi connectivity index (χ2n) is 3.19. The van der Waals surface area contributed by atoms with Crippen LogP contribution in [0.3, 0.4) is 0 Å². The standard InChI is InChI=1S/C12H15FO/c1-3-4-5-10(2)14-12-8-6-11(13)7-9-12/h3-4,6-10H,5H2,1-2H3. The largest absolute Gasteiger partial charge is 0.490 e. The zero-order valence-electron chi connectivity index (χ0n) is 8.53. The van der Waals surface area contributed by atoms with Crippen molar-refractivity contribution in [3.8, 4) is 5.75 Å². The van der Waals surface area contributed by atoms with Crippen molar-refractivity contribution >= 4 is 0 Å². The molecule has 0 aliphatic rings. The fraction of sp³-hybridized carbons (Fsp3) is 0.333. The van der Waals surface area contributed by atoms with Crippen LogP contribution in [-0.2, 0) is 0 Å². The SMILES string of the molecule is CC=CCC(C)Oc1ccc(F)cc1. The molecule has 0 fully saturated rings. The molecule has 14 heavy (non-hydrogen) atoms. The van der Waals surface area contributed by atoms with Gasteiger partial charge in [-0.3, -0.25) is 0 Å². The van der Waals surface area contributed by atoms with Crippen LogP contribution in [0.4, 0.5) is 4.39 Å². The van der Waals surface area contributed by atoms with Crippen LogP contribution in [0.25, 0.3) is 0 Å². The first-order valence-corrected chi connectivity index (χ1v) is 4.75. The van der Waals surface area contributed by atoms with Crippen molar-refractivity contribution in [3.63, 3.8) is 0 Å². The van der Waals surface area contributed by atoms with Crippen LogP contribution in [0.1, 0.15) is 20.3 Å². The predicted octanol–water partition coefficient (Wildman–Crippen LogP) is 3.56. The van der Waals surface area contributed by atoms with Crippen molar-refractivity contribution in [2.75, 3.05) is 0 Å². The molecule has 0 aliphatic heterocycles. The number of hydrogen-bond acceptors (Lipinski definition) is 1. The van der Waals surface area contributed by atoms with Gasteiger partial charge in [0.2, 0.25) is 0 Å². The molecule has 0 aromatic heterocycles. The van der Waals surface area contributed by atoms with E-state index < -0.39 is 0 Å². The quantitative estimate of drug-likeness (QED) is 0.666. The van der Waals surface area contributed by atoms with Crippen LogP contribution in [-0.4, -0.2) is 6.10 Å². The summed E-state index contributed by atoms with van der Waals surface area (Å²) in [5.41, 5.74) is 0. The molecule has 76 valence electrons. The summed E-state index contributed by atoms with van der Waals surface area (Å²) in [7, 11) is 0. The van der Waals surface area contributed by atoms with Gasteiger partial charge < -0.3 is 4.74 Å². The molecule has 0 amide bonds. The number of hydrogen-bond donors (Lipinski definition) is 0. The lowest BCUT2D eigenvalue weighted by Crippen LogP contribution is -2.10. The van der Waals surface area contributed by atoms with E-state index in [1.54, 1.807) is 12.1 Å². The highest BCUT2D eigenvalue weighted by atomic mass is 19.1.